The molecular formula is C11H14BrN3OS. The van der Waals surface area contributed by atoms with Crippen LogP contribution in [-0.4, -0.2) is 29.8 Å². The van der Waals surface area contributed by atoms with Gasteiger partial charge in [-0.25, -0.2) is 4.98 Å². The Morgan fingerprint density at radius 2 is 2.47 bits per heavy atom. The molecule has 17 heavy (non-hydrogen) atoms. The van der Waals surface area contributed by atoms with Crippen molar-refractivity contribution in [2.45, 2.75) is 6.54 Å². The number of halogens is 1. The number of nitrogens with zero attached hydrogens (tertiary/aromatic N) is 2. The lowest BCUT2D eigenvalue weighted by Crippen LogP contribution is -2.12. The SMILES string of the molecule is COCCNc1nccn1Cc1cc(Br)cs1. The highest BCUT2D eigenvalue weighted by molar-refractivity contribution is 9.10. The Kier molecular flexibility index (Phi) is 4.58. The molecule has 0 fully saturated rings. The Morgan fingerprint density at radius 1 is 1.59 bits per heavy atom. The van der Waals surface area contributed by atoms with Crippen molar-refractivity contribution >= 4 is 33.2 Å². The topological polar surface area (TPSA) is 39.1 Å². The molecule has 0 aromatic carbocycles. The van der Waals surface area contributed by atoms with Gasteiger partial charge in [0.1, 0.15) is 0 Å². The molecular weight excluding hydrogens is 302 g/mol. The van der Waals surface area contributed by atoms with Crippen molar-refractivity contribution < 1.29 is 4.74 Å². The van der Waals surface area contributed by atoms with Gasteiger partial charge in [0.2, 0.25) is 5.95 Å². The number of anilines is 1. The van der Waals surface area contributed by atoms with Gasteiger partial charge in [-0.3, -0.25) is 0 Å². The number of imidazole rings is 1. The quantitative estimate of drug-likeness (QED) is 0.833. The van der Waals surface area contributed by atoms with Gasteiger partial charge in [-0.1, -0.05) is 0 Å². The molecule has 4 nitrogen and oxygen atoms in total. The molecule has 6 heteroatoms. The number of nitrogens with one attached hydrogen (secondary N) is 1. The zero-order valence-electron chi connectivity index (χ0n) is 9.52. The lowest BCUT2D eigenvalue weighted by Gasteiger charge is -2.08. The summed E-state index contributed by atoms with van der Waals surface area (Å²) < 4.78 is 8.22. The summed E-state index contributed by atoms with van der Waals surface area (Å²) >= 11 is 5.20. The Hall–Kier alpha value is -0.850. The molecule has 2 heterocycles. The third kappa shape index (κ3) is 3.55. The average molecular weight is 316 g/mol. The van der Waals surface area contributed by atoms with E-state index >= 15 is 0 Å². The predicted octanol–water partition coefficient (Wildman–Crippen LogP) is 2.81. The van der Waals surface area contributed by atoms with E-state index in [9.17, 15) is 0 Å². The fraction of sp³-hybridized carbons (Fsp3) is 0.364. The van der Waals surface area contributed by atoms with Gasteiger partial charge >= 0.3 is 0 Å². The van der Waals surface area contributed by atoms with E-state index in [1.165, 1.54) is 4.88 Å². The van der Waals surface area contributed by atoms with Crippen LogP contribution in [0.25, 0.3) is 0 Å². The van der Waals surface area contributed by atoms with Crippen LogP contribution < -0.4 is 5.32 Å². The third-order valence-electron chi connectivity index (χ3n) is 2.25. The molecule has 0 spiro atoms. The maximum atomic E-state index is 5.00. The van der Waals surface area contributed by atoms with Crippen LogP contribution in [0.5, 0.6) is 0 Å². The van der Waals surface area contributed by atoms with Crippen molar-refractivity contribution in [1.29, 1.82) is 0 Å². The van der Waals surface area contributed by atoms with Crippen molar-refractivity contribution in [3.05, 3.63) is 33.2 Å². The highest BCUT2D eigenvalue weighted by atomic mass is 79.9. The first-order chi connectivity index (χ1) is 8.29. The van der Waals surface area contributed by atoms with Crippen molar-refractivity contribution in [1.82, 2.24) is 9.55 Å². The summed E-state index contributed by atoms with van der Waals surface area (Å²) in [6, 6.07) is 2.13. The van der Waals surface area contributed by atoms with E-state index in [1.807, 2.05) is 6.20 Å². The number of rotatable bonds is 6. The van der Waals surface area contributed by atoms with Gasteiger partial charge < -0.3 is 14.6 Å². The molecule has 0 atom stereocenters. The van der Waals surface area contributed by atoms with E-state index in [0.29, 0.717) is 6.61 Å². The van der Waals surface area contributed by atoms with E-state index in [1.54, 1.807) is 24.6 Å². The van der Waals surface area contributed by atoms with Crippen LogP contribution in [0.3, 0.4) is 0 Å². The minimum atomic E-state index is 0.678. The Labute approximate surface area is 113 Å². The summed E-state index contributed by atoms with van der Waals surface area (Å²) in [6.07, 6.45) is 3.78. The fourth-order valence-electron chi connectivity index (χ4n) is 1.47. The summed E-state index contributed by atoms with van der Waals surface area (Å²) in [4.78, 5) is 5.58. The molecule has 92 valence electrons. The summed E-state index contributed by atoms with van der Waals surface area (Å²) in [7, 11) is 1.69. The summed E-state index contributed by atoms with van der Waals surface area (Å²) in [5, 5.41) is 5.33. The average Bonchev–Trinajstić information content (AvgIpc) is 2.90. The molecule has 0 saturated carbocycles. The zero-order valence-corrected chi connectivity index (χ0v) is 11.9. The molecule has 0 aliphatic heterocycles. The van der Waals surface area contributed by atoms with Crippen LogP contribution in [0.2, 0.25) is 0 Å². The first kappa shape index (κ1) is 12.6. The summed E-state index contributed by atoms with van der Waals surface area (Å²) in [5.41, 5.74) is 0. The van der Waals surface area contributed by atoms with Gasteiger partial charge in [-0.05, 0) is 22.0 Å². The molecule has 0 radical (unpaired) electrons. The molecule has 0 bridgehead atoms. The second-order valence-electron chi connectivity index (χ2n) is 3.53. The lowest BCUT2D eigenvalue weighted by atomic mass is 10.4. The van der Waals surface area contributed by atoms with E-state index < -0.39 is 0 Å². The number of aromatic nitrogens is 2. The normalized spacial score (nSPS) is 10.7. The lowest BCUT2D eigenvalue weighted by molar-refractivity contribution is 0.210. The predicted molar refractivity (Wildman–Crippen MR) is 73.7 cm³/mol. The Morgan fingerprint density at radius 3 is 3.18 bits per heavy atom. The van der Waals surface area contributed by atoms with Crippen molar-refractivity contribution in [3.8, 4) is 0 Å². The Balaban J connectivity index is 1.98. The minimum Gasteiger partial charge on any atom is -0.383 e. The van der Waals surface area contributed by atoms with Crippen LogP contribution in [-0.2, 0) is 11.3 Å². The van der Waals surface area contributed by atoms with Crippen LogP contribution >= 0.6 is 27.3 Å². The molecule has 0 aliphatic carbocycles. The first-order valence-corrected chi connectivity index (χ1v) is 6.93. The zero-order chi connectivity index (χ0) is 12.1. The van der Waals surface area contributed by atoms with Gasteiger partial charge in [0, 0.05) is 40.8 Å². The molecule has 0 aliphatic rings. The van der Waals surface area contributed by atoms with E-state index in [2.05, 4.69) is 42.2 Å². The maximum absolute atomic E-state index is 5.00. The third-order valence-corrected chi connectivity index (χ3v) is 3.94. The van der Waals surface area contributed by atoms with Gasteiger partial charge in [0.15, 0.2) is 0 Å². The van der Waals surface area contributed by atoms with E-state index in [0.717, 1.165) is 23.5 Å². The highest BCUT2D eigenvalue weighted by Gasteiger charge is 2.04. The standard InChI is InChI=1S/C11H14BrN3OS/c1-16-5-3-14-11-13-2-4-15(11)7-10-6-9(12)8-17-10/h2,4,6,8H,3,5,7H2,1H3,(H,13,14). The van der Waals surface area contributed by atoms with Crippen LogP contribution in [0.1, 0.15) is 4.88 Å². The molecule has 2 rings (SSSR count). The van der Waals surface area contributed by atoms with Gasteiger partial charge in [0.05, 0.1) is 13.2 Å². The molecule has 1 N–H and O–H groups in total. The number of methoxy groups -OCH3 is 1. The van der Waals surface area contributed by atoms with E-state index in [-0.39, 0.29) is 0 Å². The van der Waals surface area contributed by atoms with Crippen molar-refractivity contribution in [2.75, 3.05) is 25.6 Å². The van der Waals surface area contributed by atoms with Gasteiger partial charge in [0.25, 0.3) is 0 Å². The monoisotopic (exact) mass is 315 g/mol. The number of ether oxygens (including phenoxy) is 1. The fourth-order valence-corrected chi connectivity index (χ4v) is 2.92. The molecule has 2 aromatic rings. The minimum absolute atomic E-state index is 0.678. The van der Waals surface area contributed by atoms with Crippen LogP contribution in [0.15, 0.2) is 28.3 Å². The van der Waals surface area contributed by atoms with E-state index in [4.69, 9.17) is 4.74 Å². The maximum Gasteiger partial charge on any atom is 0.203 e. The van der Waals surface area contributed by atoms with Gasteiger partial charge in [-0.2, -0.15) is 0 Å². The smallest absolute Gasteiger partial charge is 0.203 e. The largest absolute Gasteiger partial charge is 0.383 e. The van der Waals surface area contributed by atoms with Crippen LogP contribution in [0.4, 0.5) is 5.95 Å². The van der Waals surface area contributed by atoms with Crippen molar-refractivity contribution in [2.24, 2.45) is 0 Å². The first-order valence-electron chi connectivity index (χ1n) is 5.26. The molecule has 0 unspecified atom stereocenters. The molecule has 0 saturated heterocycles. The Bertz CT molecular complexity index is 469. The van der Waals surface area contributed by atoms with Crippen LogP contribution in [0, 0.1) is 0 Å². The molecule has 0 amide bonds. The second-order valence-corrected chi connectivity index (χ2v) is 5.44. The molecule has 2 aromatic heterocycles. The highest BCUT2D eigenvalue weighted by Crippen LogP contribution is 2.21. The van der Waals surface area contributed by atoms with Gasteiger partial charge in [-0.15, -0.1) is 11.3 Å². The van der Waals surface area contributed by atoms with Crippen molar-refractivity contribution in [3.63, 3.8) is 0 Å². The summed E-state index contributed by atoms with van der Waals surface area (Å²) in [5.74, 6) is 0.881. The number of thiophene rings is 1. The number of hydrogen-bond donors (Lipinski definition) is 1. The number of hydrogen-bond acceptors (Lipinski definition) is 4. The summed E-state index contributed by atoms with van der Waals surface area (Å²) in [6.45, 7) is 2.28. The second kappa shape index (κ2) is 6.18.